The first-order valence-electron chi connectivity index (χ1n) is 7.14. The van der Waals surface area contributed by atoms with Crippen LogP contribution in [0.1, 0.15) is 32.6 Å². The predicted molar refractivity (Wildman–Crippen MR) is 83.3 cm³/mol. The molecular formula is C15H19N3O2S. The molecule has 0 unspecified atom stereocenters. The Morgan fingerprint density at radius 1 is 1.29 bits per heavy atom. The molecule has 3 rings (SSSR count). The van der Waals surface area contributed by atoms with Crippen molar-refractivity contribution in [1.82, 2.24) is 9.71 Å². The Bertz CT molecular complexity index is 777. The number of anilines is 1. The van der Waals surface area contributed by atoms with Gasteiger partial charge < -0.3 is 5.73 Å². The van der Waals surface area contributed by atoms with E-state index in [1.165, 1.54) is 0 Å². The van der Waals surface area contributed by atoms with Crippen molar-refractivity contribution in [2.45, 2.75) is 43.0 Å². The molecule has 6 heteroatoms. The minimum atomic E-state index is -3.50. The fraction of sp³-hybridized carbons (Fsp3) is 0.400. The highest BCUT2D eigenvalue weighted by molar-refractivity contribution is 7.89. The summed E-state index contributed by atoms with van der Waals surface area (Å²) in [6.07, 6.45) is 3.72. The summed E-state index contributed by atoms with van der Waals surface area (Å²) < 4.78 is 28.0. The van der Waals surface area contributed by atoms with Crippen molar-refractivity contribution < 1.29 is 8.42 Å². The molecule has 0 amide bonds. The Labute approximate surface area is 124 Å². The quantitative estimate of drug-likeness (QED) is 0.908. The summed E-state index contributed by atoms with van der Waals surface area (Å²) in [6, 6.07) is 8.38. The van der Waals surface area contributed by atoms with Crippen LogP contribution in [0.2, 0.25) is 0 Å². The number of hydrogen-bond acceptors (Lipinski definition) is 4. The first kappa shape index (κ1) is 14.3. The number of nitrogens with one attached hydrogen (secondary N) is 1. The van der Waals surface area contributed by atoms with Gasteiger partial charge in [-0.3, -0.25) is 0 Å². The molecule has 0 aliphatic heterocycles. The Kier molecular flexibility index (Phi) is 3.37. The van der Waals surface area contributed by atoms with Crippen molar-refractivity contribution in [3.8, 4) is 0 Å². The summed E-state index contributed by atoms with van der Waals surface area (Å²) in [5, 5.41) is 0.770. The van der Waals surface area contributed by atoms with Crippen molar-refractivity contribution in [3.05, 3.63) is 30.3 Å². The number of fused-ring (bicyclic) bond motifs is 1. The van der Waals surface area contributed by atoms with Crippen molar-refractivity contribution in [2.24, 2.45) is 0 Å². The van der Waals surface area contributed by atoms with E-state index < -0.39 is 10.0 Å². The predicted octanol–water partition coefficient (Wildman–Crippen LogP) is 2.43. The van der Waals surface area contributed by atoms with Gasteiger partial charge in [0, 0.05) is 10.9 Å². The lowest BCUT2D eigenvalue weighted by Gasteiger charge is -2.41. The average molecular weight is 305 g/mol. The molecule has 2 aromatic rings. The Morgan fingerprint density at radius 2 is 2.05 bits per heavy atom. The van der Waals surface area contributed by atoms with Gasteiger partial charge in [0.2, 0.25) is 10.0 Å². The van der Waals surface area contributed by atoms with Gasteiger partial charge in [0.1, 0.15) is 5.82 Å². The van der Waals surface area contributed by atoms with Gasteiger partial charge >= 0.3 is 0 Å². The van der Waals surface area contributed by atoms with Crippen LogP contribution in [0.3, 0.4) is 0 Å². The van der Waals surface area contributed by atoms with E-state index in [-0.39, 0.29) is 10.4 Å². The van der Waals surface area contributed by atoms with Crippen LogP contribution >= 0.6 is 0 Å². The second-order valence-corrected chi connectivity index (χ2v) is 7.37. The number of aromatic nitrogens is 1. The number of sulfonamides is 1. The van der Waals surface area contributed by atoms with E-state index in [9.17, 15) is 8.42 Å². The minimum Gasteiger partial charge on any atom is -0.384 e. The molecule has 3 N–H and O–H groups in total. The SMILES string of the molecule is CCC1(NS(=O)(=O)c2ccc3nc(N)ccc3c2)CCC1. The second-order valence-electron chi connectivity index (χ2n) is 5.68. The summed E-state index contributed by atoms with van der Waals surface area (Å²) in [5.41, 5.74) is 6.07. The van der Waals surface area contributed by atoms with E-state index in [0.717, 1.165) is 31.1 Å². The van der Waals surface area contributed by atoms with Crippen LogP contribution in [0.5, 0.6) is 0 Å². The van der Waals surface area contributed by atoms with E-state index in [0.29, 0.717) is 11.3 Å². The summed E-state index contributed by atoms with van der Waals surface area (Å²) in [5.74, 6) is 0.427. The third-order valence-corrected chi connectivity index (χ3v) is 5.91. The summed E-state index contributed by atoms with van der Waals surface area (Å²) in [4.78, 5) is 4.46. The van der Waals surface area contributed by atoms with E-state index in [1.54, 1.807) is 30.3 Å². The first-order valence-corrected chi connectivity index (χ1v) is 8.63. The summed E-state index contributed by atoms with van der Waals surface area (Å²) >= 11 is 0. The van der Waals surface area contributed by atoms with Gasteiger partial charge in [0.05, 0.1) is 10.4 Å². The monoisotopic (exact) mass is 305 g/mol. The van der Waals surface area contributed by atoms with Gasteiger partial charge in [-0.05, 0) is 56.0 Å². The van der Waals surface area contributed by atoms with Crippen LogP contribution in [-0.2, 0) is 10.0 Å². The van der Waals surface area contributed by atoms with Crippen molar-refractivity contribution in [2.75, 3.05) is 5.73 Å². The highest BCUT2D eigenvalue weighted by Gasteiger charge is 2.39. The molecule has 1 saturated carbocycles. The molecule has 0 atom stereocenters. The maximum absolute atomic E-state index is 12.6. The lowest BCUT2D eigenvalue weighted by atomic mass is 9.76. The van der Waals surface area contributed by atoms with Gasteiger partial charge in [-0.25, -0.2) is 18.1 Å². The van der Waals surface area contributed by atoms with Crippen LogP contribution in [0.15, 0.2) is 35.2 Å². The third kappa shape index (κ3) is 2.61. The average Bonchev–Trinajstić information content (AvgIpc) is 2.42. The summed E-state index contributed by atoms with van der Waals surface area (Å²) in [6.45, 7) is 2.02. The molecule has 1 aliphatic rings. The van der Waals surface area contributed by atoms with Crippen LogP contribution < -0.4 is 10.5 Å². The number of benzene rings is 1. The highest BCUT2D eigenvalue weighted by atomic mass is 32.2. The molecule has 1 aromatic carbocycles. The maximum Gasteiger partial charge on any atom is 0.241 e. The van der Waals surface area contributed by atoms with Gasteiger partial charge in [-0.2, -0.15) is 0 Å². The van der Waals surface area contributed by atoms with Gasteiger partial charge in [-0.15, -0.1) is 0 Å². The molecular weight excluding hydrogens is 286 g/mol. The molecule has 5 nitrogen and oxygen atoms in total. The van der Waals surface area contributed by atoms with Gasteiger partial charge in [0.25, 0.3) is 0 Å². The smallest absolute Gasteiger partial charge is 0.241 e. The lowest BCUT2D eigenvalue weighted by Crippen LogP contribution is -2.52. The highest BCUT2D eigenvalue weighted by Crippen LogP contribution is 2.36. The molecule has 21 heavy (non-hydrogen) atoms. The van der Waals surface area contributed by atoms with Crippen LogP contribution in [0.4, 0.5) is 5.82 Å². The Balaban J connectivity index is 1.97. The first-order chi connectivity index (χ1) is 9.94. The Morgan fingerprint density at radius 3 is 2.67 bits per heavy atom. The zero-order valence-corrected chi connectivity index (χ0v) is 12.8. The largest absolute Gasteiger partial charge is 0.384 e. The Hall–Kier alpha value is -1.66. The molecule has 0 radical (unpaired) electrons. The van der Waals surface area contributed by atoms with Crippen LogP contribution in [-0.4, -0.2) is 18.9 Å². The van der Waals surface area contributed by atoms with Gasteiger partial charge in [-0.1, -0.05) is 6.92 Å². The van der Waals surface area contributed by atoms with Crippen molar-refractivity contribution in [3.63, 3.8) is 0 Å². The molecule has 0 spiro atoms. The fourth-order valence-electron chi connectivity index (χ4n) is 2.76. The zero-order chi connectivity index (χ0) is 15.1. The topological polar surface area (TPSA) is 85.1 Å². The zero-order valence-electron chi connectivity index (χ0n) is 12.0. The number of rotatable bonds is 4. The lowest BCUT2D eigenvalue weighted by molar-refractivity contribution is 0.214. The number of nitrogens with zero attached hydrogens (tertiary/aromatic N) is 1. The molecule has 1 aromatic heterocycles. The van der Waals surface area contributed by atoms with E-state index >= 15 is 0 Å². The van der Waals surface area contributed by atoms with E-state index in [2.05, 4.69) is 9.71 Å². The van der Waals surface area contributed by atoms with Gasteiger partial charge in [0.15, 0.2) is 0 Å². The molecule has 1 aliphatic carbocycles. The second kappa shape index (κ2) is 4.96. The number of pyridine rings is 1. The maximum atomic E-state index is 12.6. The number of nitrogens with two attached hydrogens (primary N) is 1. The normalized spacial score (nSPS) is 17.6. The van der Waals surface area contributed by atoms with E-state index in [1.807, 2.05) is 6.92 Å². The third-order valence-electron chi connectivity index (χ3n) is 4.33. The van der Waals surface area contributed by atoms with Crippen LogP contribution in [0.25, 0.3) is 10.9 Å². The molecule has 0 saturated heterocycles. The summed E-state index contributed by atoms with van der Waals surface area (Å²) in [7, 11) is -3.50. The molecule has 0 bridgehead atoms. The molecule has 1 heterocycles. The fourth-order valence-corrected chi connectivity index (χ4v) is 4.33. The number of hydrogen-bond donors (Lipinski definition) is 2. The molecule has 1 fully saturated rings. The van der Waals surface area contributed by atoms with Crippen LogP contribution in [0, 0.1) is 0 Å². The minimum absolute atomic E-state index is 0.257. The number of nitrogen functional groups attached to an aromatic ring is 1. The molecule has 112 valence electrons. The van der Waals surface area contributed by atoms with E-state index in [4.69, 9.17) is 5.73 Å². The standard InChI is InChI=1S/C15H19N3O2S/c1-2-15(8-3-9-15)18-21(19,20)12-5-6-13-11(10-12)4-7-14(16)17-13/h4-7,10,18H,2-3,8-9H2,1H3,(H2,16,17). The van der Waals surface area contributed by atoms with Crippen molar-refractivity contribution >= 4 is 26.7 Å². The van der Waals surface area contributed by atoms with Crippen molar-refractivity contribution in [1.29, 1.82) is 0 Å².